The number of nitrogens with one attached hydrogen (secondary N) is 1. The summed E-state index contributed by atoms with van der Waals surface area (Å²) in [4.78, 5) is 12.8. The number of carbonyl (C=O) groups is 1. The van der Waals surface area contributed by atoms with Crippen molar-refractivity contribution in [2.45, 2.75) is 6.92 Å². The minimum absolute atomic E-state index is 0.0988. The van der Waals surface area contributed by atoms with Gasteiger partial charge in [-0.05, 0) is 5.75 Å². The molecule has 3 nitrogen and oxygen atoms in total. The van der Waals surface area contributed by atoms with Gasteiger partial charge in [0, 0.05) is 25.4 Å². The molecule has 1 saturated heterocycles. The van der Waals surface area contributed by atoms with Crippen LogP contribution in [-0.2, 0) is 0 Å². The summed E-state index contributed by atoms with van der Waals surface area (Å²) < 4.78 is 0. The van der Waals surface area contributed by atoms with Crippen molar-refractivity contribution >= 4 is 17.8 Å². The van der Waals surface area contributed by atoms with Crippen molar-refractivity contribution in [1.29, 1.82) is 0 Å². The van der Waals surface area contributed by atoms with Crippen molar-refractivity contribution in [3.8, 4) is 0 Å². The van der Waals surface area contributed by atoms with Crippen LogP contribution in [-0.4, -0.2) is 42.1 Å². The van der Waals surface area contributed by atoms with Gasteiger partial charge in [0.05, 0.1) is 0 Å². The van der Waals surface area contributed by atoms with E-state index in [-0.39, 0.29) is 6.03 Å². The normalized spacial score (nSPS) is 17.2. The lowest BCUT2D eigenvalue weighted by atomic mass is 10.6. The Kier molecular flexibility index (Phi) is 3.56. The quantitative estimate of drug-likeness (QED) is 0.638. The fourth-order valence-corrected chi connectivity index (χ4v) is 1.68. The summed E-state index contributed by atoms with van der Waals surface area (Å²) in [5.74, 6) is 2.19. The van der Waals surface area contributed by atoms with Gasteiger partial charge in [-0.1, -0.05) is 6.92 Å². The van der Waals surface area contributed by atoms with Crippen molar-refractivity contribution in [2.75, 3.05) is 31.1 Å². The second-order valence-electron chi connectivity index (χ2n) is 2.42. The Bertz CT molecular complexity index is 140. The maximum absolute atomic E-state index is 11.0. The first-order valence-electron chi connectivity index (χ1n) is 3.95. The van der Waals surface area contributed by atoms with Crippen molar-refractivity contribution in [1.82, 2.24) is 10.2 Å². The molecule has 0 unspecified atom stereocenters. The maximum Gasteiger partial charge on any atom is 0.317 e. The number of amides is 2. The molecular formula is C7H14N2OS. The topological polar surface area (TPSA) is 32.3 Å². The van der Waals surface area contributed by atoms with E-state index in [0.29, 0.717) is 0 Å². The summed E-state index contributed by atoms with van der Waals surface area (Å²) in [6.45, 7) is 4.72. The molecule has 1 fully saturated rings. The Labute approximate surface area is 71.5 Å². The third kappa shape index (κ3) is 2.61. The smallest absolute Gasteiger partial charge is 0.317 e. The molecule has 0 bridgehead atoms. The first-order valence-corrected chi connectivity index (χ1v) is 5.10. The summed E-state index contributed by atoms with van der Waals surface area (Å²) in [7, 11) is 0. The zero-order valence-electron chi connectivity index (χ0n) is 6.80. The molecule has 0 atom stereocenters. The van der Waals surface area contributed by atoms with Crippen LogP contribution in [0.2, 0.25) is 0 Å². The molecule has 2 amide bonds. The highest BCUT2D eigenvalue weighted by atomic mass is 32.2. The second-order valence-corrected chi connectivity index (χ2v) is 3.81. The van der Waals surface area contributed by atoms with E-state index in [2.05, 4.69) is 12.2 Å². The van der Waals surface area contributed by atoms with Crippen molar-refractivity contribution in [3.63, 3.8) is 0 Å². The van der Waals surface area contributed by atoms with E-state index in [0.717, 1.165) is 31.1 Å². The lowest BCUT2D eigenvalue weighted by Gasteiger charge is -2.12. The van der Waals surface area contributed by atoms with E-state index in [4.69, 9.17) is 0 Å². The number of hydrogen-bond acceptors (Lipinski definition) is 2. The third-order valence-corrected chi connectivity index (χ3v) is 2.53. The van der Waals surface area contributed by atoms with Crippen LogP contribution in [0.1, 0.15) is 6.92 Å². The lowest BCUT2D eigenvalue weighted by Crippen LogP contribution is -2.30. The Balaban J connectivity index is 2.10. The van der Waals surface area contributed by atoms with Gasteiger partial charge >= 0.3 is 6.03 Å². The molecule has 1 N–H and O–H groups in total. The molecule has 0 radical (unpaired) electrons. The number of urea groups is 1. The van der Waals surface area contributed by atoms with E-state index in [9.17, 15) is 4.79 Å². The van der Waals surface area contributed by atoms with Crippen LogP contribution in [0.4, 0.5) is 4.79 Å². The standard InChI is InChI=1S/C7H14N2OS/c1-2-11-6-5-9-4-3-8-7(9)10/h2-6H2,1H3,(H,8,10). The Morgan fingerprint density at radius 1 is 1.73 bits per heavy atom. The molecule has 1 aliphatic rings. The maximum atomic E-state index is 11.0. The fraction of sp³-hybridized carbons (Fsp3) is 0.857. The van der Waals surface area contributed by atoms with E-state index >= 15 is 0 Å². The van der Waals surface area contributed by atoms with Gasteiger partial charge in [-0.3, -0.25) is 0 Å². The Hall–Kier alpha value is -0.380. The zero-order valence-corrected chi connectivity index (χ0v) is 7.62. The van der Waals surface area contributed by atoms with E-state index < -0.39 is 0 Å². The van der Waals surface area contributed by atoms with E-state index in [1.165, 1.54) is 0 Å². The van der Waals surface area contributed by atoms with Crippen molar-refractivity contribution < 1.29 is 4.79 Å². The second kappa shape index (κ2) is 4.49. The first kappa shape index (κ1) is 8.71. The number of nitrogens with zero attached hydrogens (tertiary/aromatic N) is 1. The summed E-state index contributed by atoms with van der Waals surface area (Å²) in [6, 6.07) is 0.0988. The highest BCUT2D eigenvalue weighted by Crippen LogP contribution is 2.02. The number of carbonyl (C=O) groups excluding carboxylic acids is 1. The molecular weight excluding hydrogens is 160 g/mol. The molecule has 1 aliphatic heterocycles. The molecule has 64 valence electrons. The summed E-state index contributed by atoms with van der Waals surface area (Å²) >= 11 is 1.88. The van der Waals surface area contributed by atoms with Crippen molar-refractivity contribution in [3.05, 3.63) is 0 Å². The van der Waals surface area contributed by atoms with Crippen molar-refractivity contribution in [2.24, 2.45) is 0 Å². The van der Waals surface area contributed by atoms with Gasteiger partial charge in [0.2, 0.25) is 0 Å². The van der Waals surface area contributed by atoms with Gasteiger partial charge in [0.25, 0.3) is 0 Å². The highest BCUT2D eigenvalue weighted by Gasteiger charge is 2.17. The van der Waals surface area contributed by atoms with Crippen LogP contribution in [0.3, 0.4) is 0 Å². The van der Waals surface area contributed by atoms with Gasteiger partial charge in [-0.2, -0.15) is 11.8 Å². The van der Waals surface area contributed by atoms with Gasteiger partial charge in [-0.15, -0.1) is 0 Å². The summed E-state index contributed by atoms with van der Waals surface area (Å²) in [5, 5.41) is 2.77. The minimum atomic E-state index is 0.0988. The Morgan fingerprint density at radius 3 is 3.09 bits per heavy atom. The molecule has 1 heterocycles. The van der Waals surface area contributed by atoms with E-state index in [1.807, 2.05) is 16.7 Å². The lowest BCUT2D eigenvalue weighted by molar-refractivity contribution is 0.220. The average molecular weight is 174 g/mol. The number of rotatable bonds is 4. The molecule has 0 aromatic rings. The first-order chi connectivity index (χ1) is 5.34. The van der Waals surface area contributed by atoms with Gasteiger partial charge in [-0.25, -0.2) is 4.79 Å². The predicted molar refractivity (Wildman–Crippen MR) is 48.0 cm³/mol. The molecule has 0 aromatic heterocycles. The Morgan fingerprint density at radius 2 is 2.55 bits per heavy atom. The largest absolute Gasteiger partial charge is 0.336 e. The van der Waals surface area contributed by atoms with Gasteiger partial charge < -0.3 is 10.2 Å². The molecule has 1 rings (SSSR count). The molecule has 0 aliphatic carbocycles. The van der Waals surface area contributed by atoms with E-state index in [1.54, 1.807) is 0 Å². The average Bonchev–Trinajstić information content (AvgIpc) is 2.37. The fourth-order valence-electron chi connectivity index (χ4n) is 1.04. The predicted octanol–water partition coefficient (Wildman–Crippen LogP) is 0.765. The van der Waals surface area contributed by atoms with Crippen LogP contribution in [0.15, 0.2) is 0 Å². The highest BCUT2D eigenvalue weighted by molar-refractivity contribution is 7.99. The molecule has 11 heavy (non-hydrogen) atoms. The number of thioether (sulfide) groups is 1. The van der Waals surface area contributed by atoms with Crippen LogP contribution < -0.4 is 5.32 Å². The molecule has 0 aromatic carbocycles. The minimum Gasteiger partial charge on any atom is -0.336 e. The summed E-state index contributed by atoms with van der Waals surface area (Å²) in [6.07, 6.45) is 0. The third-order valence-electron chi connectivity index (χ3n) is 1.65. The van der Waals surface area contributed by atoms with Gasteiger partial charge in [0.15, 0.2) is 0 Å². The monoisotopic (exact) mass is 174 g/mol. The molecule has 0 spiro atoms. The molecule has 4 heteroatoms. The number of hydrogen-bond donors (Lipinski definition) is 1. The van der Waals surface area contributed by atoms with Crippen LogP contribution in [0.5, 0.6) is 0 Å². The SMILES string of the molecule is CCSCCN1CCNC1=O. The zero-order chi connectivity index (χ0) is 8.10. The van der Waals surface area contributed by atoms with Gasteiger partial charge in [0.1, 0.15) is 0 Å². The van der Waals surface area contributed by atoms with Crippen LogP contribution in [0, 0.1) is 0 Å². The molecule has 0 saturated carbocycles. The van der Waals surface area contributed by atoms with Crippen LogP contribution >= 0.6 is 11.8 Å². The van der Waals surface area contributed by atoms with Crippen LogP contribution in [0.25, 0.3) is 0 Å². The summed E-state index contributed by atoms with van der Waals surface area (Å²) in [5.41, 5.74) is 0.